The summed E-state index contributed by atoms with van der Waals surface area (Å²) in [5.74, 6) is -3.57. The molecule has 0 bridgehead atoms. The van der Waals surface area contributed by atoms with Crippen molar-refractivity contribution >= 4 is 56.6 Å². The van der Waals surface area contributed by atoms with Crippen LogP contribution in [0.2, 0.25) is 5.02 Å². The molecule has 1 fully saturated rings. The van der Waals surface area contributed by atoms with Crippen molar-refractivity contribution in [2.45, 2.75) is 31.0 Å². The standard InChI is InChI=1S/C12H15ClNO13P3S/c13-6-1-2-7-9(5-6)31-11(14-7)8-3-4-10(24-8)12(15,16)25-30(23,26-28(17,18)19)27-29(20,21)22/h1-2,5,8,10,15-16H,3-4H2,(H2,17,18,19)(H2,20,21,22). The molecule has 174 valence electrons. The first kappa shape index (κ1) is 25.3. The summed E-state index contributed by atoms with van der Waals surface area (Å²) >= 11 is 7.14. The summed E-state index contributed by atoms with van der Waals surface area (Å²) in [5, 5.41) is 21.2. The molecular formula is C12H15ClNO13P3S. The highest BCUT2D eigenvalue weighted by Crippen LogP contribution is 2.69. The molecule has 31 heavy (non-hydrogen) atoms. The molecule has 0 saturated carbocycles. The number of hydrogen-bond acceptors (Lipinski definition) is 11. The zero-order valence-corrected chi connectivity index (χ0v) is 19.2. The van der Waals surface area contributed by atoms with E-state index in [4.69, 9.17) is 35.9 Å². The van der Waals surface area contributed by atoms with Gasteiger partial charge < -0.3 is 34.5 Å². The fourth-order valence-corrected chi connectivity index (χ4v) is 7.18. The zero-order chi connectivity index (χ0) is 23.2. The maximum atomic E-state index is 12.3. The van der Waals surface area contributed by atoms with Crippen molar-refractivity contribution in [3.8, 4) is 0 Å². The number of nitrogens with zero attached hydrogens (tertiary/aromatic N) is 1. The number of thiazole rings is 1. The second kappa shape index (κ2) is 8.80. The summed E-state index contributed by atoms with van der Waals surface area (Å²) < 4.78 is 51.9. The summed E-state index contributed by atoms with van der Waals surface area (Å²) in [4.78, 5) is 39.5. The maximum absolute atomic E-state index is 12.3. The molecule has 19 heteroatoms. The smallest absolute Gasteiger partial charge is 0.359 e. The Kier molecular flexibility index (Phi) is 7.19. The van der Waals surface area contributed by atoms with Gasteiger partial charge in [0.05, 0.1) is 10.2 Å². The molecule has 1 aromatic carbocycles. The number of rotatable bonds is 8. The van der Waals surface area contributed by atoms with E-state index in [9.17, 15) is 23.9 Å². The molecule has 1 aromatic heterocycles. The molecular weight excluding hydrogens is 527 g/mol. The molecule has 2 aromatic rings. The third kappa shape index (κ3) is 6.84. The number of halogens is 1. The van der Waals surface area contributed by atoms with Crippen molar-refractivity contribution in [3.63, 3.8) is 0 Å². The number of benzene rings is 1. The molecule has 1 aliphatic heterocycles. The number of aromatic nitrogens is 1. The predicted octanol–water partition coefficient (Wildman–Crippen LogP) is 2.15. The molecule has 0 aliphatic carbocycles. The molecule has 2 unspecified atom stereocenters. The fraction of sp³-hybridized carbons (Fsp3) is 0.417. The Labute approximate surface area is 182 Å². The second-order valence-electron chi connectivity index (χ2n) is 6.20. The van der Waals surface area contributed by atoms with Gasteiger partial charge in [0.25, 0.3) is 0 Å². The van der Waals surface area contributed by atoms with E-state index in [2.05, 4.69) is 18.1 Å². The first-order valence-electron chi connectivity index (χ1n) is 8.06. The van der Waals surface area contributed by atoms with Gasteiger partial charge in [0.2, 0.25) is 0 Å². The molecule has 2 atom stereocenters. The van der Waals surface area contributed by atoms with Crippen LogP contribution in [0.4, 0.5) is 0 Å². The highest BCUT2D eigenvalue weighted by molar-refractivity contribution is 7.66. The molecule has 2 heterocycles. The van der Waals surface area contributed by atoms with Crippen LogP contribution in [0.25, 0.3) is 10.2 Å². The lowest BCUT2D eigenvalue weighted by molar-refractivity contribution is -0.345. The Hall–Kier alpha value is -0.310. The van der Waals surface area contributed by atoms with E-state index in [0.717, 1.165) is 4.70 Å². The normalized spacial score (nSPS) is 21.1. The van der Waals surface area contributed by atoms with Crippen molar-refractivity contribution in [2.24, 2.45) is 0 Å². The van der Waals surface area contributed by atoms with Gasteiger partial charge in [0.1, 0.15) is 17.2 Å². The summed E-state index contributed by atoms with van der Waals surface area (Å²) in [6.45, 7) is 0. The lowest BCUT2D eigenvalue weighted by Crippen LogP contribution is -2.44. The average molecular weight is 542 g/mol. The SMILES string of the molecule is O=P(O)(O)OP(=O)(OC(O)(O)C1CCC(c2nc3ccc(Cl)cc3s2)O1)OP(=O)(O)O. The Morgan fingerprint density at radius 3 is 2.29 bits per heavy atom. The maximum Gasteiger partial charge on any atom is 0.497 e. The van der Waals surface area contributed by atoms with E-state index in [1.54, 1.807) is 18.2 Å². The minimum Gasteiger partial charge on any atom is -0.359 e. The van der Waals surface area contributed by atoms with Gasteiger partial charge in [-0.3, -0.25) is 0 Å². The molecule has 14 nitrogen and oxygen atoms in total. The lowest BCUT2D eigenvalue weighted by atomic mass is 10.2. The van der Waals surface area contributed by atoms with Crippen molar-refractivity contribution in [1.82, 2.24) is 4.98 Å². The molecule has 0 radical (unpaired) electrons. The largest absolute Gasteiger partial charge is 0.497 e. The molecule has 0 spiro atoms. The number of ether oxygens (including phenoxy) is 1. The highest BCUT2D eigenvalue weighted by atomic mass is 35.5. The summed E-state index contributed by atoms with van der Waals surface area (Å²) in [6, 6.07) is 4.97. The van der Waals surface area contributed by atoms with Crippen molar-refractivity contribution in [3.05, 3.63) is 28.2 Å². The second-order valence-corrected chi connectivity index (χ2v) is 12.0. The minimum atomic E-state index is -5.89. The number of hydrogen-bond donors (Lipinski definition) is 6. The summed E-state index contributed by atoms with van der Waals surface area (Å²) in [6.07, 6.45) is -2.41. The fourth-order valence-electron chi connectivity index (χ4n) is 2.68. The Morgan fingerprint density at radius 2 is 1.71 bits per heavy atom. The quantitative estimate of drug-likeness (QED) is 0.208. The third-order valence-corrected chi connectivity index (χ3v) is 8.88. The Bertz CT molecular complexity index is 1080. The van der Waals surface area contributed by atoms with E-state index in [-0.39, 0.29) is 12.8 Å². The number of phosphoric acid groups is 3. The van der Waals surface area contributed by atoms with Crippen LogP contribution in [0.15, 0.2) is 18.2 Å². The first-order valence-corrected chi connectivity index (χ1v) is 13.8. The van der Waals surface area contributed by atoms with Gasteiger partial charge >= 0.3 is 29.4 Å². The van der Waals surface area contributed by atoms with Crippen LogP contribution in [0.1, 0.15) is 24.0 Å². The first-order chi connectivity index (χ1) is 14.1. The van der Waals surface area contributed by atoms with Crippen molar-refractivity contribution in [1.29, 1.82) is 0 Å². The minimum absolute atomic E-state index is 0.139. The Balaban J connectivity index is 1.78. The van der Waals surface area contributed by atoms with Gasteiger partial charge in [0.15, 0.2) is 0 Å². The topological polar surface area (TPSA) is 222 Å². The monoisotopic (exact) mass is 541 g/mol. The molecule has 1 saturated heterocycles. The van der Waals surface area contributed by atoms with Crippen LogP contribution in [0, 0.1) is 0 Å². The number of aliphatic hydroxyl groups is 2. The van der Waals surface area contributed by atoms with Crippen LogP contribution < -0.4 is 0 Å². The average Bonchev–Trinajstić information content (AvgIpc) is 3.16. The summed E-state index contributed by atoms with van der Waals surface area (Å²) in [5.41, 5.74) is 0.613. The van der Waals surface area contributed by atoms with Crippen LogP contribution in [0.3, 0.4) is 0 Å². The van der Waals surface area contributed by atoms with E-state index >= 15 is 0 Å². The van der Waals surface area contributed by atoms with E-state index < -0.39 is 41.6 Å². The van der Waals surface area contributed by atoms with E-state index in [0.29, 0.717) is 15.5 Å². The van der Waals surface area contributed by atoms with E-state index in [1.807, 2.05) is 0 Å². The van der Waals surface area contributed by atoms with Crippen molar-refractivity contribution < 1.29 is 61.4 Å². The van der Waals surface area contributed by atoms with Gasteiger partial charge in [0, 0.05) is 5.02 Å². The molecule has 1 aliphatic rings. The highest BCUT2D eigenvalue weighted by Gasteiger charge is 2.53. The van der Waals surface area contributed by atoms with Gasteiger partial charge in [-0.05, 0) is 31.0 Å². The molecule has 3 rings (SSSR count). The number of fused-ring (bicyclic) bond motifs is 1. The third-order valence-electron chi connectivity index (χ3n) is 3.74. The zero-order valence-electron chi connectivity index (χ0n) is 14.9. The van der Waals surface area contributed by atoms with Crippen LogP contribution in [-0.4, -0.2) is 46.8 Å². The predicted molar refractivity (Wildman–Crippen MR) is 104 cm³/mol. The van der Waals surface area contributed by atoms with Gasteiger partial charge in [-0.15, -0.1) is 11.3 Å². The lowest BCUT2D eigenvalue weighted by Gasteiger charge is -2.30. The summed E-state index contributed by atoms with van der Waals surface area (Å²) in [7, 11) is -17.3. The molecule has 0 amide bonds. The van der Waals surface area contributed by atoms with E-state index in [1.165, 1.54) is 11.3 Å². The van der Waals surface area contributed by atoms with Crippen LogP contribution in [-0.2, 0) is 31.6 Å². The van der Waals surface area contributed by atoms with Gasteiger partial charge in [-0.1, -0.05) is 11.6 Å². The van der Waals surface area contributed by atoms with Crippen LogP contribution >= 0.6 is 46.4 Å². The van der Waals surface area contributed by atoms with Gasteiger partial charge in [-0.25, -0.2) is 23.2 Å². The van der Waals surface area contributed by atoms with Gasteiger partial charge in [-0.2, -0.15) is 8.62 Å². The van der Waals surface area contributed by atoms with Crippen molar-refractivity contribution in [2.75, 3.05) is 0 Å². The van der Waals surface area contributed by atoms with Crippen LogP contribution in [0.5, 0.6) is 0 Å². The molecule has 6 N–H and O–H groups in total. The Morgan fingerprint density at radius 1 is 1.10 bits per heavy atom.